The van der Waals surface area contributed by atoms with E-state index in [9.17, 15) is 9.18 Å². The molecule has 1 aliphatic heterocycles. The van der Waals surface area contributed by atoms with E-state index in [1.807, 2.05) is 50.1 Å². The Kier molecular flexibility index (Phi) is 7.37. The number of rotatable bonds is 8. The molecule has 0 saturated carbocycles. The van der Waals surface area contributed by atoms with Gasteiger partial charge in [0.1, 0.15) is 18.2 Å². The number of aryl methyl sites for hydroxylation is 2. The van der Waals surface area contributed by atoms with E-state index in [4.69, 9.17) is 0 Å². The first-order valence-electron chi connectivity index (χ1n) is 13.2. The molecule has 1 aliphatic rings. The van der Waals surface area contributed by atoms with Crippen molar-refractivity contribution in [3.05, 3.63) is 65.5 Å². The molecule has 0 fully saturated rings. The summed E-state index contributed by atoms with van der Waals surface area (Å²) in [4.78, 5) is 23.9. The van der Waals surface area contributed by atoms with Crippen molar-refractivity contribution in [1.82, 2.24) is 30.0 Å². The molecule has 0 saturated heterocycles. The van der Waals surface area contributed by atoms with Crippen LogP contribution >= 0.6 is 0 Å². The molecular weight excluding hydrogens is 481 g/mol. The first-order chi connectivity index (χ1) is 18.4. The van der Waals surface area contributed by atoms with Crippen molar-refractivity contribution in [3.63, 3.8) is 0 Å². The molecule has 1 aromatic carbocycles. The summed E-state index contributed by atoms with van der Waals surface area (Å²) in [5, 5.41) is 12.7. The second-order valence-electron chi connectivity index (χ2n) is 9.98. The summed E-state index contributed by atoms with van der Waals surface area (Å²) in [6.45, 7) is 7.81. The average Bonchev–Trinajstić information content (AvgIpc) is 3.19. The van der Waals surface area contributed by atoms with Gasteiger partial charge in [-0.25, -0.2) is 9.37 Å². The Morgan fingerprint density at radius 3 is 2.63 bits per heavy atom. The van der Waals surface area contributed by atoms with Gasteiger partial charge in [0.05, 0.1) is 0 Å². The molecule has 38 heavy (non-hydrogen) atoms. The minimum absolute atomic E-state index is 0.0978. The molecule has 0 spiro atoms. The zero-order valence-electron chi connectivity index (χ0n) is 22.4. The van der Waals surface area contributed by atoms with Gasteiger partial charge >= 0.3 is 0 Å². The summed E-state index contributed by atoms with van der Waals surface area (Å²) in [5.41, 5.74) is 4.17. The summed E-state index contributed by atoms with van der Waals surface area (Å²) < 4.78 is 16.8. The molecule has 0 radical (unpaired) electrons. The third-order valence-electron chi connectivity index (χ3n) is 7.32. The molecule has 198 valence electrons. The molecule has 5 rings (SSSR count). The number of anilines is 2. The zero-order chi connectivity index (χ0) is 26.8. The van der Waals surface area contributed by atoms with Crippen molar-refractivity contribution in [2.24, 2.45) is 0 Å². The van der Waals surface area contributed by atoms with Gasteiger partial charge in [0.25, 0.3) is 0 Å². The van der Waals surface area contributed by atoms with E-state index in [0.717, 1.165) is 53.7 Å². The van der Waals surface area contributed by atoms with Gasteiger partial charge in [-0.05, 0) is 75.5 Å². The van der Waals surface area contributed by atoms with Gasteiger partial charge in [-0.3, -0.25) is 14.5 Å². The van der Waals surface area contributed by atoms with Crippen LogP contribution in [-0.4, -0.2) is 56.7 Å². The Balaban J connectivity index is 1.36. The highest BCUT2D eigenvalue weighted by molar-refractivity contribution is 5.89. The molecule has 2 N–H and O–H groups in total. The van der Waals surface area contributed by atoms with Crippen molar-refractivity contribution >= 4 is 28.3 Å². The maximum atomic E-state index is 15.0. The Bertz CT molecular complexity index is 1480. The maximum Gasteiger partial charge on any atom is 0.244 e. The number of carbonyl (C=O) groups excluding carboxylic acids is 1. The Labute approximate surface area is 222 Å². The van der Waals surface area contributed by atoms with E-state index in [1.165, 1.54) is 6.07 Å². The lowest BCUT2D eigenvalue weighted by atomic mass is 9.99. The SMILES string of the molecule is CCC(CCNC)N1CCc2cc(Nc3cc4cc(-c5cnc(C)cc5C)c(F)cc4cn3)nn2CC1=O. The standard InChI is InChI=1S/C29H34FN7O/c1-5-22(6-8-31-4)36-9-7-23-14-28(35-37(23)17-29(36)38)34-27-13-20-11-24(26(30)12-21(20)15-33-27)25-16-32-19(3)10-18(25)2/h10-16,22,31H,5-9,17H2,1-4H3,(H,33,34,35). The van der Waals surface area contributed by atoms with Gasteiger partial charge in [-0.2, -0.15) is 5.10 Å². The van der Waals surface area contributed by atoms with Crippen LogP contribution in [0.5, 0.6) is 0 Å². The molecule has 1 amide bonds. The quantitative estimate of drug-likeness (QED) is 0.352. The van der Waals surface area contributed by atoms with E-state index >= 15 is 0 Å². The van der Waals surface area contributed by atoms with Crippen molar-refractivity contribution in [1.29, 1.82) is 0 Å². The highest BCUT2D eigenvalue weighted by atomic mass is 19.1. The number of fused-ring (bicyclic) bond motifs is 2. The predicted octanol–water partition coefficient (Wildman–Crippen LogP) is 4.77. The summed E-state index contributed by atoms with van der Waals surface area (Å²) in [5.74, 6) is 1.03. The second-order valence-corrected chi connectivity index (χ2v) is 9.98. The number of hydrogen-bond donors (Lipinski definition) is 2. The van der Waals surface area contributed by atoms with Crippen LogP contribution in [-0.2, 0) is 17.8 Å². The van der Waals surface area contributed by atoms with Gasteiger partial charge in [0.15, 0.2) is 5.82 Å². The normalized spacial score (nSPS) is 14.4. The first-order valence-corrected chi connectivity index (χ1v) is 13.2. The van der Waals surface area contributed by atoms with E-state index in [-0.39, 0.29) is 24.3 Å². The van der Waals surface area contributed by atoms with Crippen molar-refractivity contribution in [3.8, 4) is 11.1 Å². The number of carbonyl (C=O) groups is 1. The molecule has 0 aliphatic carbocycles. The number of nitrogens with zero attached hydrogens (tertiary/aromatic N) is 5. The smallest absolute Gasteiger partial charge is 0.244 e. The highest BCUT2D eigenvalue weighted by Crippen LogP contribution is 2.31. The van der Waals surface area contributed by atoms with Crippen LogP contribution in [0, 0.1) is 19.7 Å². The Hall–Kier alpha value is -3.85. The number of pyridine rings is 2. The zero-order valence-corrected chi connectivity index (χ0v) is 22.4. The van der Waals surface area contributed by atoms with Crippen LogP contribution in [0.3, 0.4) is 0 Å². The van der Waals surface area contributed by atoms with Gasteiger partial charge in [-0.1, -0.05) is 6.92 Å². The topological polar surface area (TPSA) is 88.0 Å². The molecule has 3 aromatic heterocycles. The van der Waals surface area contributed by atoms with Gasteiger partial charge in [-0.15, -0.1) is 0 Å². The van der Waals surface area contributed by atoms with Crippen molar-refractivity contribution in [2.75, 3.05) is 25.5 Å². The molecule has 4 heterocycles. The van der Waals surface area contributed by atoms with Gasteiger partial charge in [0, 0.05) is 65.4 Å². The lowest BCUT2D eigenvalue weighted by Crippen LogP contribution is -2.42. The van der Waals surface area contributed by atoms with Crippen molar-refractivity contribution in [2.45, 2.75) is 52.6 Å². The summed E-state index contributed by atoms with van der Waals surface area (Å²) in [6, 6.07) is 9.40. The Morgan fingerprint density at radius 1 is 1.03 bits per heavy atom. The minimum atomic E-state index is -0.304. The summed E-state index contributed by atoms with van der Waals surface area (Å²) >= 11 is 0. The Morgan fingerprint density at radius 2 is 1.87 bits per heavy atom. The lowest BCUT2D eigenvalue weighted by Gasteiger charge is -2.30. The third-order valence-corrected chi connectivity index (χ3v) is 7.32. The van der Waals surface area contributed by atoms with Crippen LogP contribution in [0.1, 0.15) is 36.7 Å². The van der Waals surface area contributed by atoms with E-state index in [0.29, 0.717) is 29.1 Å². The van der Waals surface area contributed by atoms with Crippen LogP contribution in [0.25, 0.3) is 21.9 Å². The highest BCUT2D eigenvalue weighted by Gasteiger charge is 2.27. The number of amides is 1. The minimum Gasteiger partial charge on any atom is -0.338 e. The molecule has 8 nitrogen and oxygen atoms in total. The molecule has 1 atom stereocenters. The lowest BCUT2D eigenvalue weighted by molar-refractivity contribution is -0.134. The summed E-state index contributed by atoms with van der Waals surface area (Å²) in [6.07, 6.45) is 5.99. The number of hydrogen-bond acceptors (Lipinski definition) is 6. The molecule has 4 aromatic rings. The van der Waals surface area contributed by atoms with Crippen LogP contribution in [0.2, 0.25) is 0 Å². The number of halogens is 1. The number of nitrogens with one attached hydrogen (secondary N) is 2. The number of aromatic nitrogens is 4. The first kappa shape index (κ1) is 25.8. The van der Waals surface area contributed by atoms with Crippen molar-refractivity contribution < 1.29 is 9.18 Å². The fourth-order valence-corrected chi connectivity index (χ4v) is 5.26. The second kappa shape index (κ2) is 10.9. The molecular formula is C29H34FN7O. The third kappa shape index (κ3) is 5.24. The summed E-state index contributed by atoms with van der Waals surface area (Å²) in [7, 11) is 1.94. The average molecular weight is 516 g/mol. The van der Waals surface area contributed by atoms with E-state index in [2.05, 4.69) is 32.6 Å². The molecule has 0 bridgehead atoms. The van der Waals surface area contributed by atoms with Gasteiger partial charge < -0.3 is 15.5 Å². The number of benzene rings is 1. The van der Waals surface area contributed by atoms with Crippen LogP contribution in [0.15, 0.2) is 42.7 Å². The van der Waals surface area contributed by atoms with E-state index < -0.39 is 0 Å². The van der Waals surface area contributed by atoms with Gasteiger partial charge in [0.2, 0.25) is 5.91 Å². The predicted molar refractivity (Wildman–Crippen MR) is 148 cm³/mol. The fraction of sp³-hybridized carbons (Fsp3) is 0.379. The van der Waals surface area contributed by atoms with E-state index in [1.54, 1.807) is 17.1 Å². The molecule has 9 heteroatoms. The van der Waals surface area contributed by atoms with Crippen LogP contribution < -0.4 is 10.6 Å². The fourth-order valence-electron chi connectivity index (χ4n) is 5.26. The molecule has 1 unspecified atom stereocenters. The maximum absolute atomic E-state index is 15.0. The van der Waals surface area contributed by atoms with Crippen LogP contribution in [0.4, 0.5) is 16.0 Å². The largest absolute Gasteiger partial charge is 0.338 e. The monoisotopic (exact) mass is 515 g/mol.